The van der Waals surface area contributed by atoms with Gasteiger partial charge in [0.05, 0.1) is 0 Å². The molecular weight excluding hydrogens is 197 g/mol. The Hall–Kier alpha value is -0.157. The van der Waals surface area contributed by atoms with E-state index in [0.717, 1.165) is 0 Å². The first-order valence-electron chi connectivity index (χ1n) is 3.06. The molecule has 0 nitrogen and oxygen atoms in total. The molecule has 0 fully saturated rings. The summed E-state index contributed by atoms with van der Waals surface area (Å²) in [4.78, 5) is 0. The zero-order valence-electron chi connectivity index (χ0n) is 5.15. The fourth-order valence-electron chi connectivity index (χ4n) is 0.698. The average molecular weight is 206 g/mol. The van der Waals surface area contributed by atoms with Crippen LogP contribution in [0.25, 0.3) is 0 Å². The van der Waals surface area contributed by atoms with Crippen LogP contribution in [0, 0.1) is 0 Å². The molecule has 0 aliphatic heterocycles. The van der Waals surface area contributed by atoms with Crippen LogP contribution in [0.4, 0.5) is 0 Å². The Morgan fingerprint density at radius 1 is 1.22 bits per heavy atom. The van der Waals surface area contributed by atoms with E-state index in [9.17, 15) is 0 Å². The van der Waals surface area contributed by atoms with Crippen LogP contribution in [0.2, 0.25) is 0 Å². The van der Waals surface area contributed by atoms with Gasteiger partial charge in [-0.1, -0.05) is 0 Å². The molecule has 0 spiro atoms. The number of hydrogen-bond donors (Lipinski definition) is 0. The standard InChI is InChI=1S/C8H9.Ru/c1-2-4-6-8-7-5-3-1;/h1-5H,6,8H2;. The summed E-state index contributed by atoms with van der Waals surface area (Å²) in [6, 6.07) is 0. The van der Waals surface area contributed by atoms with E-state index in [1.165, 1.54) is 17.0 Å². The molecule has 0 saturated heterocycles. The average Bonchev–Trinajstić information content (AvgIpc) is 1.79. The molecule has 0 amide bonds. The van der Waals surface area contributed by atoms with E-state index in [1.807, 2.05) is 0 Å². The molecule has 0 unspecified atom stereocenters. The number of allylic oxidation sites excluding steroid dienone is 6. The Morgan fingerprint density at radius 3 is 3.00 bits per heavy atom. The molecule has 0 heterocycles. The van der Waals surface area contributed by atoms with Crippen molar-refractivity contribution < 1.29 is 18.3 Å². The zero-order chi connectivity index (χ0) is 6.53. The molecule has 49 valence electrons. The van der Waals surface area contributed by atoms with Crippen molar-refractivity contribution in [2.75, 3.05) is 0 Å². The summed E-state index contributed by atoms with van der Waals surface area (Å²) in [5.41, 5.74) is 0. The van der Waals surface area contributed by atoms with Crippen molar-refractivity contribution >= 4 is 0 Å². The summed E-state index contributed by atoms with van der Waals surface area (Å²) in [5, 5.41) is 0. The second kappa shape index (κ2) is 3.79. The molecule has 0 atom stereocenters. The van der Waals surface area contributed by atoms with Crippen molar-refractivity contribution in [3.63, 3.8) is 0 Å². The third kappa shape index (κ3) is 2.76. The van der Waals surface area contributed by atoms with Gasteiger partial charge in [0.2, 0.25) is 0 Å². The summed E-state index contributed by atoms with van der Waals surface area (Å²) in [7, 11) is 0. The van der Waals surface area contributed by atoms with Gasteiger partial charge in [0.15, 0.2) is 0 Å². The first-order valence-corrected chi connectivity index (χ1v) is 3.93. The van der Waals surface area contributed by atoms with Crippen molar-refractivity contribution in [3.8, 4) is 0 Å². The molecular formula is C8H9Ru. The maximum absolute atomic E-state index is 2.65. The second-order valence-electron chi connectivity index (χ2n) is 1.95. The zero-order valence-corrected chi connectivity index (χ0v) is 6.89. The van der Waals surface area contributed by atoms with E-state index in [2.05, 4.69) is 48.7 Å². The topological polar surface area (TPSA) is 0 Å². The third-order valence-electron chi connectivity index (χ3n) is 1.18. The maximum atomic E-state index is 2.65. The minimum absolute atomic E-state index is 1.17. The molecule has 1 rings (SSSR count). The Kier molecular flexibility index (Phi) is 2.93. The summed E-state index contributed by atoms with van der Waals surface area (Å²) in [5.74, 6) is 0. The third-order valence-corrected chi connectivity index (χ3v) is 1.90. The molecule has 1 aliphatic rings. The van der Waals surface area contributed by atoms with Crippen molar-refractivity contribution in [3.05, 3.63) is 34.5 Å². The van der Waals surface area contributed by atoms with Crippen molar-refractivity contribution in [2.45, 2.75) is 12.8 Å². The summed E-state index contributed by atoms with van der Waals surface area (Å²) >= 11 is 2.65. The van der Waals surface area contributed by atoms with Crippen LogP contribution in [0.5, 0.6) is 0 Å². The van der Waals surface area contributed by atoms with Crippen LogP contribution in [0.3, 0.4) is 0 Å². The van der Waals surface area contributed by atoms with Gasteiger partial charge < -0.3 is 0 Å². The monoisotopic (exact) mass is 207 g/mol. The van der Waals surface area contributed by atoms with Gasteiger partial charge in [-0.25, -0.2) is 0 Å². The first kappa shape index (κ1) is 6.96. The van der Waals surface area contributed by atoms with Gasteiger partial charge in [-0.3, -0.25) is 0 Å². The fraction of sp³-hybridized carbons (Fsp3) is 0.250. The van der Waals surface area contributed by atoms with E-state index >= 15 is 0 Å². The van der Waals surface area contributed by atoms with Gasteiger partial charge in [-0.05, 0) is 0 Å². The quantitative estimate of drug-likeness (QED) is 0.533. The van der Waals surface area contributed by atoms with Crippen LogP contribution in [0.1, 0.15) is 12.8 Å². The summed E-state index contributed by atoms with van der Waals surface area (Å²) < 4.78 is 1.40. The van der Waals surface area contributed by atoms with E-state index in [1.54, 1.807) is 0 Å². The van der Waals surface area contributed by atoms with Crippen LogP contribution in [0.15, 0.2) is 34.5 Å². The Bertz CT molecular complexity index is 163. The Balaban J connectivity index is 2.62. The van der Waals surface area contributed by atoms with E-state index < -0.39 is 0 Å². The van der Waals surface area contributed by atoms with Crippen molar-refractivity contribution in [1.82, 2.24) is 0 Å². The van der Waals surface area contributed by atoms with Gasteiger partial charge in [-0.15, -0.1) is 0 Å². The summed E-state index contributed by atoms with van der Waals surface area (Å²) in [6.45, 7) is 0. The molecule has 0 aromatic heterocycles. The molecule has 0 N–H and O–H groups in total. The molecule has 1 aliphatic carbocycles. The van der Waals surface area contributed by atoms with E-state index in [0.29, 0.717) is 0 Å². The van der Waals surface area contributed by atoms with Gasteiger partial charge in [0, 0.05) is 0 Å². The molecule has 0 saturated carbocycles. The van der Waals surface area contributed by atoms with Crippen LogP contribution in [-0.2, 0) is 18.3 Å². The van der Waals surface area contributed by atoms with E-state index in [4.69, 9.17) is 0 Å². The SMILES string of the molecule is [Ru][C]1=CC=CC=CCC1. The van der Waals surface area contributed by atoms with E-state index in [-0.39, 0.29) is 0 Å². The predicted molar refractivity (Wildman–Crippen MR) is 35.6 cm³/mol. The minimum atomic E-state index is 1.17. The van der Waals surface area contributed by atoms with Gasteiger partial charge in [0.25, 0.3) is 0 Å². The predicted octanol–water partition coefficient (Wildman–Crippen LogP) is 2.32. The number of hydrogen-bond acceptors (Lipinski definition) is 0. The Morgan fingerprint density at radius 2 is 2.11 bits per heavy atom. The fourth-order valence-corrected chi connectivity index (χ4v) is 1.12. The van der Waals surface area contributed by atoms with Crippen LogP contribution in [-0.4, -0.2) is 0 Å². The normalized spacial score (nSPS) is 18.6. The van der Waals surface area contributed by atoms with Crippen molar-refractivity contribution in [2.24, 2.45) is 0 Å². The summed E-state index contributed by atoms with van der Waals surface area (Å²) in [6.07, 6.45) is 12.9. The molecule has 0 aromatic carbocycles. The van der Waals surface area contributed by atoms with Crippen molar-refractivity contribution in [1.29, 1.82) is 0 Å². The molecule has 0 radical (unpaired) electrons. The molecule has 1 heteroatoms. The number of rotatable bonds is 0. The second-order valence-corrected chi connectivity index (χ2v) is 3.07. The van der Waals surface area contributed by atoms with Crippen LogP contribution < -0.4 is 0 Å². The molecule has 9 heavy (non-hydrogen) atoms. The molecule has 0 aromatic rings. The molecule has 0 bridgehead atoms. The van der Waals surface area contributed by atoms with Crippen LogP contribution >= 0.6 is 0 Å². The first-order chi connectivity index (χ1) is 4.39. The van der Waals surface area contributed by atoms with Gasteiger partial charge in [-0.2, -0.15) is 0 Å². The van der Waals surface area contributed by atoms with Gasteiger partial charge >= 0.3 is 65.7 Å². The van der Waals surface area contributed by atoms with Gasteiger partial charge in [0.1, 0.15) is 0 Å². The Labute approximate surface area is 66.0 Å².